The van der Waals surface area contributed by atoms with Crippen LogP contribution in [0, 0.1) is 0 Å². The van der Waals surface area contributed by atoms with Gasteiger partial charge in [0, 0.05) is 24.3 Å². The van der Waals surface area contributed by atoms with Crippen LogP contribution in [0.3, 0.4) is 0 Å². The molecule has 6 heteroatoms. The number of hydrogen-bond acceptors (Lipinski definition) is 4. The minimum Gasteiger partial charge on any atom is -0.347 e. The zero-order chi connectivity index (χ0) is 14.7. The van der Waals surface area contributed by atoms with Crippen LogP contribution in [0.1, 0.15) is 30.4 Å². The molecule has 0 saturated carbocycles. The van der Waals surface area contributed by atoms with Crippen molar-refractivity contribution in [2.24, 2.45) is 5.10 Å². The van der Waals surface area contributed by atoms with E-state index < -0.39 is 0 Å². The quantitative estimate of drug-likeness (QED) is 0.891. The number of nitrogens with one attached hydrogen (secondary N) is 2. The minimum atomic E-state index is -0.206. The fraction of sp³-hybridized carbons (Fsp3) is 0.400. The van der Waals surface area contributed by atoms with E-state index in [9.17, 15) is 9.59 Å². The highest BCUT2D eigenvalue weighted by Gasteiger charge is 2.18. The van der Waals surface area contributed by atoms with Crippen molar-refractivity contribution in [3.63, 3.8) is 0 Å². The normalized spacial score (nSPS) is 17.5. The molecule has 0 unspecified atom stereocenters. The Labute approximate surface area is 127 Å². The lowest BCUT2D eigenvalue weighted by Crippen LogP contribution is -2.36. The van der Waals surface area contributed by atoms with Crippen molar-refractivity contribution in [3.8, 4) is 0 Å². The van der Waals surface area contributed by atoms with E-state index in [1.165, 1.54) is 22.6 Å². The molecular weight excluding hydrogens is 286 g/mol. The smallest absolute Gasteiger partial charge is 0.267 e. The third kappa shape index (κ3) is 3.44. The van der Waals surface area contributed by atoms with E-state index in [2.05, 4.69) is 34.0 Å². The second kappa shape index (κ2) is 6.30. The maximum absolute atomic E-state index is 12.0. The number of amides is 2. The Morgan fingerprint density at radius 1 is 1.33 bits per heavy atom. The van der Waals surface area contributed by atoms with Crippen molar-refractivity contribution in [1.82, 2.24) is 10.7 Å². The van der Waals surface area contributed by atoms with Crippen LogP contribution in [-0.4, -0.2) is 23.3 Å². The maximum Gasteiger partial charge on any atom is 0.267 e. The lowest BCUT2D eigenvalue weighted by atomic mass is 10.1. The van der Waals surface area contributed by atoms with Gasteiger partial charge < -0.3 is 5.32 Å². The zero-order valence-corrected chi connectivity index (χ0v) is 12.5. The summed E-state index contributed by atoms with van der Waals surface area (Å²) in [5.74, 6) is 0.843. The van der Waals surface area contributed by atoms with E-state index in [1.54, 1.807) is 0 Å². The van der Waals surface area contributed by atoms with Crippen LogP contribution in [0.5, 0.6) is 0 Å². The first-order valence-corrected chi connectivity index (χ1v) is 8.09. The number of fused-ring (bicyclic) bond motifs is 1. The van der Waals surface area contributed by atoms with Gasteiger partial charge >= 0.3 is 0 Å². The molecule has 0 aliphatic carbocycles. The van der Waals surface area contributed by atoms with Gasteiger partial charge in [-0.15, -0.1) is 11.8 Å². The molecule has 2 heterocycles. The van der Waals surface area contributed by atoms with Gasteiger partial charge in [-0.2, -0.15) is 5.10 Å². The molecule has 0 atom stereocenters. The van der Waals surface area contributed by atoms with Crippen LogP contribution in [0.25, 0.3) is 0 Å². The summed E-state index contributed by atoms with van der Waals surface area (Å²) in [7, 11) is 0. The molecule has 110 valence electrons. The standard InChI is InChI=1S/C15H17N3O2S/c19-14-6-4-12(17-18-14)15(20)16-9-10-3-5-13-11(8-10)2-1-7-21-13/h3,5,8H,1-2,4,6-7,9H2,(H,16,20)(H,18,19). The second-order valence-corrected chi connectivity index (χ2v) is 6.31. The fourth-order valence-electron chi connectivity index (χ4n) is 2.45. The Bertz CT molecular complexity index is 613. The molecule has 0 fully saturated rings. The van der Waals surface area contributed by atoms with Gasteiger partial charge in [-0.05, 0) is 35.8 Å². The van der Waals surface area contributed by atoms with Crippen LogP contribution in [0.2, 0.25) is 0 Å². The molecule has 0 spiro atoms. The van der Waals surface area contributed by atoms with E-state index in [4.69, 9.17) is 0 Å². The van der Waals surface area contributed by atoms with Gasteiger partial charge in [0.15, 0.2) is 0 Å². The van der Waals surface area contributed by atoms with Gasteiger partial charge in [0.1, 0.15) is 5.71 Å². The molecule has 2 N–H and O–H groups in total. The highest BCUT2D eigenvalue weighted by atomic mass is 32.2. The first kappa shape index (κ1) is 14.1. The van der Waals surface area contributed by atoms with Gasteiger partial charge in [0.05, 0.1) is 0 Å². The third-order valence-electron chi connectivity index (χ3n) is 3.59. The Hall–Kier alpha value is -1.82. The third-order valence-corrected chi connectivity index (χ3v) is 4.79. The predicted molar refractivity (Wildman–Crippen MR) is 82.1 cm³/mol. The molecule has 3 rings (SSSR count). The number of nitrogens with zero attached hydrogens (tertiary/aromatic N) is 1. The van der Waals surface area contributed by atoms with Crippen LogP contribution < -0.4 is 10.7 Å². The number of benzene rings is 1. The van der Waals surface area contributed by atoms with Crippen molar-refractivity contribution < 1.29 is 9.59 Å². The topological polar surface area (TPSA) is 70.6 Å². The predicted octanol–water partition coefficient (Wildman–Crippen LogP) is 1.61. The molecule has 2 amide bonds. The van der Waals surface area contributed by atoms with Gasteiger partial charge in [-0.3, -0.25) is 9.59 Å². The molecule has 1 aromatic carbocycles. The summed E-state index contributed by atoms with van der Waals surface area (Å²) in [5.41, 5.74) is 5.21. The first-order valence-electron chi connectivity index (χ1n) is 7.10. The van der Waals surface area contributed by atoms with Crippen LogP contribution in [0.15, 0.2) is 28.2 Å². The highest BCUT2D eigenvalue weighted by Crippen LogP contribution is 2.30. The molecular formula is C15H17N3O2S. The van der Waals surface area contributed by atoms with E-state index >= 15 is 0 Å². The van der Waals surface area contributed by atoms with E-state index in [0.29, 0.717) is 25.1 Å². The van der Waals surface area contributed by atoms with Crippen LogP contribution in [-0.2, 0) is 22.6 Å². The van der Waals surface area contributed by atoms with Gasteiger partial charge in [-0.1, -0.05) is 12.1 Å². The Kier molecular flexibility index (Phi) is 4.24. The minimum absolute atomic E-state index is 0.140. The van der Waals surface area contributed by atoms with E-state index in [-0.39, 0.29) is 11.8 Å². The summed E-state index contributed by atoms with van der Waals surface area (Å²) >= 11 is 1.90. The number of carbonyl (C=O) groups is 2. The van der Waals surface area contributed by atoms with E-state index in [0.717, 1.165) is 12.0 Å². The molecule has 0 radical (unpaired) electrons. The average Bonchev–Trinajstić information content (AvgIpc) is 2.53. The Morgan fingerprint density at radius 2 is 2.24 bits per heavy atom. The molecule has 0 bridgehead atoms. The zero-order valence-electron chi connectivity index (χ0n) is 11.6. The summed E-state index contributed by atoms with van der Waals surface area (Å²) in [6.45, 7) is 0.490. The SMILES string of the molecule is O=C1CCC(C(=O)NCc2ccc3c(c2)CCCS3)=NN1. The molecule has 2 aliphatic rings. The summed E-state index contributed by atoms with van der Waals surface area (Å²) in [6.07, 6.45) is 3.05. The summed E-state index contributed by atoms with van der Waals surface area (Å²) in [4.78, 5) is 24.3. The van der Waals surface area contributed by atoms with Crippen LogP contribution in [0.4, 0.5) is 0 Å². The van der Waals surface area contributed by atoms with Crippen molar-refractivity contribution >= 4 is 29.3 Å². The number of hydrogen-bond donors (Lipinski definition) is 2. The molecule has 2 aliphatic heterocycles. The molecule has 21 heavy (non-hydrogen) atoms. The van der Waals surface area contributed by atoms with E-state index in [1.807, 2.05) is 11.8 Å². The summed E-state index contributed by atoms with van der Waals surface area (Å²) in [6, 6.07) is 6.37. The maximum atomic E-state index is 12.0. The van der Waals surface area contributed by atoms with Gasteiger partial charge in [0.2, 0.25) is 5.91 Å². The lowest BCUT2D eigenvalue weighted by Gasteiger charge is -2.16. The fourth-order valence-corrected chi connectivity index (χ4v) is 3.47. The number of aryl methyl sites for hydroxylation is 1. The molecule has 0 aromatic heterocycles. The second-order valence-electron chi connectivity index (χ2n) is 5.17. The lowest BCUT2D eigenvalue weighted by molar-refractivity contribution is -0.121. The summed E-state index contributed by atoms with van der Waals surface area (Å²) in [5, 5.41) is 6.66. The average molecular weight is 303 g/mol. The van der Waals surface area contributed by atoms with Crippen molar-refractivity contribution in [3.05, 3.63) is 29.3 Å². The number of thioether (sulfide) groups is 1. The molecule has 1 aromatic rings. The van der Waals surface area contributed by atoms with Crippen molar-refractivity contribution in [2.45, 2.75) is 37.1 Å². The highest BCUT2D eigenvalue weighted by molar-refractivity contribution is 7.99. The Balaban J connectivity index is 1.60. The van der Waals surface area contributed by atoms with Crippen molar-refractivity contribution in [1.29, 1.82) is 0 Å². The van der Waals surface area contributed by atoms with Gasteiger partial charge in [-0.25, -0.2) is 5.43 Å². The molecule has 0 saturated heterocycles. The monoisotopic (exact) mass is 303 g/mol. The van der Waals surface area contributed by atoms with Crippen LogP contribution >= 0.6 is 11.8 Å². The number of hydrazone groups is 1. The number of rotatable bonds is 3. The largest absolute Gasteiger partial charge is 0.347 e. The van der Waals surface area contributed by atoms with Crippen molar-refractivity contribution in [2.75, 3.05) is 5.75 Å². The number of carbonyl (C=O) groups excluding carboxylic acids is 2. The van der Waals surface area contributed by atoms with Gasteiger partial charge in [0.25, 0.3) is 5.91 Å². The Morgan fingerprint density at radius 3 is 3.05 bits per heavy atom. The summed E-state index contributed by atoms with van der Waals surface area (Å²) < 4.78 is 0. The molecule has 5 nitrogen and oxygen atoms in total. The first-order chi connectivity index (χ1) is 10.2.